The summed E-state index contributed by atoms with van der Waals surface area (Å²) in [5.74, 6) is -1.57. The van der Waals surface area contributed by atoms with Gasteiger partial charge in [-0.15, -0.1) is 0 Å². The summed E-state index contributed by atoms with van der Waals surface area (Å²) in [4.78, 5) is 16.6. The van der Waals surface area contributed by atoms with Crippen molar-refractivity contribution in [1.29, 1.82) is 0 Å². The molecule has 0 radical (unpaired) electrons. The number of nitrogens with zero attached hydrogens (tertiary/aromatic N) is 2. The topological polar surface area (TPSA) is 46.9 Å². The zero-order valence-corrected chi connectivity index (χ0v) is 14.8. The minimum Gasteiger partial charge on any atom is -0.342 e. The van der Waals surface area contributed by atoms with Crippen molar-refractivity contribution in [3.8, 4) is 0 Å². The van der Waals surface area contributed by atoms with Gasteiger partial charge in [0.2, 0.25) is 0 Å². The normalized spacial score (nSPS) is 12.6. The summed E-state index contributed by atoms with van der Waals surface area (Å²) in [6.07, 6.45) is 0. The maximum absolute atomic E-state index is 13.6. The van der Waals surface area contributed by atoms with E-state index in [1.165, 1.54) is 13.0 Å². The van der Waals surface area contributed by atoms with Crippen LogP contribution in [0.25, 0.3) is 11.0 Å². The smallest absolute Gasteiger partial charge is 0.320 e. The van der Waals surface area contributed by atoms with E-state index in [-0.39, 0.29) is 26.9 Å². The first-order chi connectivity index (χ1) is 12.3. The van der Waals surface area contributed by atoms with Crippen molar-refractivity contribution < 1.29 is 18.0 Å². The summed E-state index contributed by atoms with van der Waals surface area (Å²) in [5, 5.41) is 2.23. The van der Waals surface area contributed by atoms with Crippen LogP contribution in [0, 0.1) is 5.82 Å². The van der Waals surface area contributed by atoms with Crippen molar-refractivity contribution in [2.75, 3.05) is 0 Å². The molecular formula is C17H12Cl2F3N3O. The summed E-state index contributed by atoms with van der Waals surface area (Å²) >= 11 is 11.5. The standard InChI is InChI=1S/C17H12Cl2F3N3O/c1-8(23-16(26)9-6-12(20)11(19)7-10(9)18)15-24-13-4-2-3-5-14(13)25(15)17(21)22/h2-8,17H,1H3,(H,23,26). The van der Waals surface area contributed by atoms with Gasteiger partial charge in [0.15, 0.2) is 0 Å². The van der Waals surface area contributed by atoms with Crippen LogP contribution in [0.5, 0.6) is 0 Å². The molecule has 1 N–H and O–H groups in total. The van der Waals surface area contributed by atoms with Crippen molar-refractivity contribution >= 4 is 40.1 Å². The molecule has 1 heterocycles. The number of fused-ring (bicyclic) bond motifs is 1. The summed E-state index contributed by atoms with van der Waals surface area (Å²) in [6, 6.07) is 7.52. The summed E-state index contributed by atoms with van der Waals surface area (Å²) in [6.45, 7) is -1.34. The molecule has 26 heavy (non-hydrogen) atoms. The number of carbonyl (C=O) groups is 1. The van der Waals surface area contributed by atoms with Gasteiger partial charge >= 0.3 is 6.55 Å². The fourth-order valence-corrected chi connectivity index (χ4v) is 3.08. The summed E-state index contributed by atoms with van der Waals surface area (Å²) < 4.78 is 41.3. The number of para-hydroxylation sites is 2. The molecule has 4 nitrogen and oxygen atoms in total. The number of hydrogen-bond acceptors (Lipinski definition) is 2. The van der Waals surface area contributed by atoms with Gasteiger partial charge in [0.25, 0.3) is 5.91 Å². The highest BCUT2D eigenvalue weighted by molar-refractivity contribution is 6.36. The number of rotatable bonds is 4. The third-order valence-electron chi connectivity index (χ3n) is 3.81. The van der Waals surface area contributed by atoms with Crippen LogP contribution in [0.2, 0.25) is 10.0 Å². The van der Waals surface area contributed by atoms with Crippen molar-refractivity contribution in [3.63, 3.8) is 0 Å². The van der Waals surface area contributed by atoms with Crippen LogP contribution in [0.1, 0.15) is 35.7 Å². The van der Waals surface area contributed by atoms with Crippen molar-refractivity contribution in [3.05, 3.63) is 63.6 Å². The summed E-state index contributed by atoms with van der Waals surface area (Å²) in [7, 11) is 0. The molecule has 0 bridgehead atoms. The lowest BCUT2D eigenvalue weighted by Gasteiger charge is -2.16. The summed E-state index contributed by atoms with van der Waals surface area (Å²) in [5.41, 5.74) is 0.466. The van der Waals surface area contributed by atoms with E-state index in [0.717, 1.165) is 16.7 Å². The number of amides is 1. The van der Waals surface area contributed by atoms with E-state index < -0.39 is 24.3 Å². The number of halogens is 5. The van der Waals surface area contributed by atoms with Crippen LogP contribution in [0.4, 0.5) is 13.2 Å². The molecule has 0 saturated heterocycles. The third kappa shape index (κ3) is 3.37. The molecule has 1 unspecified atom stereocenters. The van der Waals surface area contributed by atoms with E-state index in [9.17, 15) is 18.0 Å². The Morgan fingerprint density at radius 3 is 2.58 bits per heavy atom. The molecule has 0 saturated carbocycles. The zero-order chi connectivity index (χ0) is 19.0. The highest BCUT2D eigenvalue weighted by Crippen LogP contribution is 2.28. The molecule has 1 amide bonds. The fraction of sp³-hybridized carbons (Fsp3) is 0.176. The SMILES string of the molecule is CC(NC(=O)c1cc(F)c(Cl)cc1Cl)c1nc2ccccc2n1C(F)F. The van der Waals surface area contributed by atoms with Gasteiger partial charge in [-0.3, -0.25) is 9.36 Å². The number of aromatic nitrogens is 2. The van der Waals surface area contributed by atoms with Crippen LogP contribution in [-0.4, -0.2) is 15.5 Å². The van der Waals surface area contributed by atoms with Crippen LogP contribution in [-0.2, 0) is 0 Å². The van der Waals surface area contributed by atoms with E-state index in [1.807, 2.05) is 0 Å². The molecule has 1 aromatic heterocycles. The Kier molecular flexibility index (Phi) is 5.11. The Bertz CT molecular complexity index is 991. The molecule has 1 atom stereocenters. The van der Waals surface area contributed by atoms with Gasteiger partial charge in [0.1, 0.15) is 11.6 Å². The van der Waals surface area contributed by atoms with Gasteiger partial charge < -0.3 is 5.32 Å². The maximum atomic E-state index is 13.6. The largest absolute Gasteiger partial charge is 0.342 e. The third-order valence-corrected chi connectivity index (χ3v) is 4.41. The first-order valence-electron chi connectivity index (χ1n) is 7.50. The predicted octanol–water partition coefficient (Wildman–Crippen LogP) is 5.37. The molecule has 9 heteroatoms. The molecule has 0 aliphatic rings. The average Bonchev–Trinajstić information content (AvgIpc) is 2.97. The van der Waals surface area contributed by atoms with Crippen LogP contribution < -0.4 is 5.32 Å². The van der Waals surface area contributed by atoms with Crippen LogP contribution in [0.3, 0.4) is 0 Å². The quantitative estimate of drug-likeness (QED) is 0.597. The van der Waals surface area contributed by atoms with E-state index in [0.29, 0.717) is 5.52 Å². The van der Waals surface area contributed by atoms with Crippen molar-refractivity contribution in [2.45, 2.75) is 19.5 Å². The molecule has 136 valence electrons. The number of alkyl halides is 2. The number of benzene rings is 2. The highest BCUT2D eigenvalue weighted by Gasteiger charge is 2.24. The van der Waals surface area contributed by atoms with Gasteiger partial charge in [0, 0.05) is 0 Å². The Balaban J connectivity index is 1.94. The minimum absolute atomic E-state index is 0.0277. The Labute approximate surface area is 156 Å². The van der Waals surface area contributed by atoms with Gasteiger partial charge in [-0.25, -0.2) is 9.37 Å². The lowest BCUT2D eigenvalue weighted by atomic mass is 10.2. The predicted molar refractivity (Wildman–Crippen MR) is 93.3 cm³/mol. The van der Waals surface area contributed by atoms with Gasteiger partial charge in [-0.1, -0.05) is 35.3 Å². The second kappa shape index (κ2) is 7.17. The lowest BCUT2D eigenvalue weighted by molar-refractivity contribution is 0.0688. The first-order valence-corrected chi connectivity index (χ1v) is 8.25. The fourth-order valence-electron chi connectivity index (χ4n) is 2.61. The monoisotopic (exact) mass is 401 g/mol. The van der Waals surface area contributed by atoms with Crippen LogP contribution in [0.15, 0.2) is 36.4 Å². The second-order valence-corrected chi connectivity index (χ2v) is 6.36. The first kappa shape index (κ1) is 18.5. The van der Waals surface area contributed by atoms with Crippen molar-refractivity contribution in [2.24, 2.45) is 0 Å². The molecule has 3 rings (SSSR count). The Hall–Kier alpha value is -2.25. The van der Waals surface area contributed by atoms with Gasteiger partial charge in [0.05, 0.1) is 32.7 Å². The number of hydrogen-bond donors (Lipinski definition) is 1. The minimum atomic E-state index is -2.84. The molecule has 0 aliphatic carbocycles. The van der Waals surface area contributed by atoms with E-state index in [2.05, 4.69) is 10.3 Å². The molecule has 0 aliphatic heterocycles. The molecule has 3 aromatic rings. The Morgan fingerprint density at radius 2 is 1.88 bits per heavy atom. The van der Waals surface area contributed by atoms with Gasteiger partial charge in [-0.2, -0.15) is 8.78 Å². The zero-order valence-electron chi connectivity index (χ0n) is 13.3. The lowest BCUT2D eigenvalue weighted by Crippen LogP contribution is -2.29. The number of nitrogens with one attached hydrogen (secondary N) is 1. The number of imidazole rings is 1. The molecule has 0 fully saturated rings. The Morgan fingerprint density at radius 1 is 1.19 bits per heavy atom. The second-order valence-electron chi connectivity index (χ2n) is 5.55. The van der Waals surface area contributed by atoms with E-state index >= 15 is 0 Å². The van der Waals surface area contributed by atoms with Crippen LogP contribution >= 0.6 is 23.2 Å². The van der Waals surface area contributed by atoms with Crippen molar-refractivity contribution in [1.82, 2.24) is 14.9 Å². The molecule has 2 aromatic carbocycles. The maximum Gasteiger partial charge on any atom is 0.320 e. The van der Waals surface area contributed by atoms with Gasteiger partial charge in [-0.05, 0) is 31.2 Å². The van der Waals surface area contributed by atoms with E-state index in [1.54, 1.807) is 18.2 Å². The molecule has 0 spiro atoms. The highest BCUT2D eigenvalue weighted by atomic mass is 35.5. The van der Waals surface area contributed by atoms with E-state index in [4.69, 9.17) is 23.2 Å². The number of carbonyl (C=O) groups excluding carboxylic acids is 1. The molecular weight excluding hydrogens is 390 g/mol. The average molecular weight is 402 g/mol.